The molecule has 206 valence electrons. The summed E-state index contributed by atoms with van der Waals surface area (Å²) in [4.78, 5) is 33.3. The maximum atomic E-state index is 11.6. The minimum Gasteiger partial charge on any atom is -0.493 e. The van der Waals surface area contributed by atoms with Gasteiger partial charge in [0, 0.05) is 47.6 Å². The molecule has 2 aromatic carbocycles. The predicted octanol–water partition coefficient (Wildman–Crippen LogP) is 4.54. The number of fused-ring (bicyclic) bond motifs is 3. The Morgan fingerprint density at radius 2 is 1.69 bits per heavy atom. The number of nitrogens with zero attached hydrogens (tertiary/aromatic N) is 2. The van der Waals surface area contributed by atoms with Crippen LogP contribution in [-0.4, -0.2) is 70.3 Å². The second kappa shape index (κ2) is 12.6. The number of carboxylic acids is 2. The van der Waals surface area contributed by atoms with Crippen molar-refractivity contribution in [2.24, 2.45) is 0 Å². The van der Waals surface area contributed by atoms with Gasteiger partial charge in [0.15, 0.2) is 22.9 Å². The number of piperidine rings is 1. The monoisotopic (exact) mass is 536 g/mol. The lowest BCUT2D eigenvalue weighted by molar-refractivity contribution is -0.134. The average molecular weight is 537 g/mol. The molecular formula is C29H32N2O8. The van der Waals surface area contributed by atoms with E-state index < -0.39 is 11.9 Å². The van der Waals surface area contributed by atoms with Gasteiger partial charge in [-0.2, -0.15) is 0 Å². The van der Waals surface area contributed by atoms with Gasteiger partial charge in [-0.3, -0.25) is 9.69 Å². The summed E-state index contributed by atoms with van der Waals surface area (Å²) in [6.07, 6.45) is 5.80. The Bertz CT molecular complexity index is 1330. The second-order valence-electron chi connectivity index (χ2n) is 9.64. The molecule has 2 atom stereocenters. The number of aromatic nitrogens is 1. The van der Waals surface area contributed by atoms with E-state index in [1.54, 1.807) is 26.2 Å². The molecule has 10 nitrogen and oxygen atoms in total. The quantitative estimate of drug-likeness (QED) is 0.296. The highest BCUT2D eigenvalue weighted by Crippen LogP contribution is 2.44. The number of rotatable bonds is 9. The number of benzene rings is 2. The number of ketones is 1. The molecule has 0 aliphatic carbocycles. The summed E-state index contributed by atoms with van der Waals surface area (Å²) in [5.74, 6) is -0.752. The van der Waals surface area contributed by atoms with Gasteiger partial charge >= 0.3 is 11.9 Å². The Morgan fingerprint density at radius 1 is 1.03 bits per heavy atom. The molecule has 5 rings (SSSR count). The summed E-state index contributed by atoms with van der Waals surface area (Å²) in [5.41, 5.74) is 2.63. The molecule has 2 unspecified atom stereocenters. The van der Waals surface area contributed by atoms with E-state index in [0.717, 1.165) is 36.0 Å². The van der Waals surface area contributed by atoms with Crippen molar-refractivity contribution in [2.75, 3.05) is 20.3 Å². The number of hydrogen-bond acceptors (Lipinski definition) is 8. The molecule has 3 heterocycles. The first-order valence-electron chi connectivity index (χ1n) is 12.8. The van der Waals surface area contributed by atoms with Gasteiger partial charge in [0.2, 0.25) is 0 Å². The largest absolute Gasteiger partial charge is 0.493 e. The first kappa shape index (κ1) is 27.8. The van der Waals surface area contributed by atoms with E-state index in [4.69, 9.17) is 24.2 Å². The molecule has 2 N–H and O–H groups in total. The molecule has 0 radical (unpaired) electrons. The van der Waals surface area contributed by atoms with Crippen molar-refractivity contribution >= 4 is 28.7 Å². The SMILES string of the molecule is COc1cc(C(C)=O)ccc1OCCN1C2CCC1CC(c1noc3ccccc13)C2.O=C(O)/C=C/C(=O)O. The van der Waals surface area contributed by atoms with Crippen LogP contribution in [0.4, 0.5) is 0 Å². The highest BCUT2D eigenvalue weighted by molar-refractivity contribution is 5.94. The van der Waals surface area contributed by atoms with Gasteiger partial charge in [0.25, 0.3) is 0 Å². The normalized spacial score (nSPS) is 20.4. The number of Topliss-reactive ketones (excluding diaryl/α,β-unsaturated/α-hetero) is 1. The maximum absolute atomic E-state index is 11.6. The molecular weight excluding hydrogens is 504 g/mol. The molecule has 2 fully saturated rings. The van der Waals surface area contributed by atoms with Crippen LogP contribution in [0.15, 0.2) is 59.1 Å². The van der Waals surface area contributed by atoms with Crippen LogP contribution in [0.2, 0.25) is 0 Å². The fourth-order valence-electron chi connectivity index (χ4n) is 5.47. The van der Waals surface area contributed by atoms with Crippen LogP contribution < -0.4 is 9.47 Å². The van der Waals surface area contributed by atoms with Gasteiger partial charge in [-0.15, -0.1) is 0 Å². The summed E-state index contributed by atoms with van der Waals surface area (Å²) in [6, 6.07) is 14.6. The van der Waals surface area contributed by atoms with Crippen molar-refractivity contribution in [1.29, 1.82) is 0 Å². The Hall–Kier alpha value is -4.18. The van der Waals surface area contributed by atoms with Crippen molar-refractivity contribution in [3.63, 3.8) is 0 Å². The number of methoxy groups -OCH3 is 1. The lowest BCUT2D eigenvalue weighted by Crippen LogP contribution is -2.44. The zero-order valence-electron chi connectivity index (χ0n) is 21.9. The highest BCUT2D eigenvalue weighted by Gasteiger charge is 2.42. The Morgan fingerprint density at radius 3 is 2.31 bits per heavy atom. The third kappa shape index (κ3) is 6.83. The molecule has 0 spiro atoms. The third-order valence-electron chi connectivity index (χ3n) is 7.22. The van der Waals surface area contributed by atoms with Crippen LogP contribution in [0.25, 0.3) is 11.0 Å². The number of carbonyl (C=O) groups excluding carboxylic acids is 1. The molecule has 3 aromatic rings. The topological polar surface area (TPSA) is 139 Å². The van der Waals surface area contributed by atoms with Crippen LogP contribution in [0.1, 0.15) is 54.6 Å². The van der Waals surface area contributed by atoms with Gasteiger partial charge in [0.1, 0.15) is 6.61 Å². The van der Waals surface area contributed by atoms with Gasteiger partial charge in [0.05, 0.1) is 12.8 Å². The lowest BCUT2D eigenvalue weighted by atomic mass is 9.87. The number of para-hydroxylation sites is 1. The van der Waals surface area contributed by atoms with E-state index in [1.165, 1.54) is 12.8 Å². The smallest absolute Gasteiger partial charge is 0.328 e. The summed E-state index contributed by atoms with van der Waals surface area (Å²) in [7, 11) is 1.60. The molecule has 2 saturated heterocycles. The average Bonchev–Trinajstić information content (AvgIpc) is 3.45. The molecule has 0 saturated carbocycles. The summed E-state index contributed by atoms with van der Waals surface area (Å²) in [5, 5.41) is 21.2. The van der Waals surface area contributed by atoms with Crippen LogP contribution in [-0.2, 0) is 9.59 Å². The Balaban J connectivity index is 0.000000386. The van der Waals surface area contributed by atoms with E-state index in [0.29, 0.717) is 53.8 Å². The highest BCUT2D eigenvalue weighted by atomic mass is 16.5. The number of ether oxygens (including phenoxy) is 2. The van der Waals surface area contributed by atoms with Crippen LogP contribution in [0, 0.1) is 0 Å². The van der Waals surface area contributed by atoms with Crippen molar-refractivity contribution in [1.82, 2.24) is 10.1 Å². The second-order valence-corrected chi connectivity index (χ2v) is 9.64. The molecule has 0 amide bonds. The fourth-order valence-corrected chi connectivity index (χ4v) is 5.47. The molecule has 2 aliphatic rings. The molecule has 1 aromatic heterocycles. The van der Waals surface area contributed by atoms with Crippen molar-refractivity contribution in [3.05, 3.63) is 65.9 Å². The van der Waals surface area contributed by atoms with E-state index in [1.807, 2.05) is 18.2 Å². The number of carboxylic acid groups (broad SMARTS) is 2. The van der Waals surface area contributed by atoms with Crippen LogP contribution in [0.5, 0.6) is 11.5 Å². The van der Waals surface area contributed by atoms with Gasteiger partial charge < -0.3 is 24.2 Å². The van der Waals surface area contributed by atoms with Gasteiger partial charge in [-0.1, -0.05) is 17.3 Å². The zero-order valence-corrected chi connectivity index (χ0v) is 21.9. The summed E-state index contributed by atoms with van der Waals surface area (Å²) < 4.78 is 17.0. The fraction of sp³-hybridized carbons (Fsp3) is 0.379. The first-order valence-corrected chi connectivity index (χ1v) is 12.8. The van der Waals surface area contributed by atoms with Gasteiger partial charge in [-0.25, -0.2) is 9.59 Å². The number of aliphatic carboxylic acids is 2. The van der Waals surface area contributed by atoms with E-state index in [-0.39, 0.29) is 5.78 Å². The number of carbonyl (C=O) groups is 3. The first-order chi connectivity index (χ1) is 18.8. The molecule has 2 aliphatic heterocycles. The Kier molecular flexibility index (Phi) is 8.98. The maximum Gasteiger partial charge on any atom is 0.328 e. The minimum atomic E-state index is -1.26. The van der Waals surface area contributed by atoms with E-state index >= 15 is 0 Å². The van der Waals surface area contributed by atoms with Crippen LogP contribution in [0.3, 0.4) is 0 Å². The molecule has 39 heavy (non-hydrogen) atoms. The molecule has 10 heteroatoms. The number of hydrogen-bond donors (Lipinski definition) is 2. The van der Waals surface area contributed by atoms with Crippen LogP contribution >= 0.6 is 0 Å². The summed E-state index contributed by atoms with van der Waals surface area (Å²) in [6.45, 7) is 3.04. The Labute approximate surface area is 225 Å². The van der Waals surface area contributed by atoms with Crippen molar-refractivity contribution in [2.45, 2.75) is 50.6 Å². The molecule has 2 bridgehead atoms. The lowest BCUT2D eigenvalue weighted by Gasteiger charge is -2.38. The summed E-state index contributed by atoms with van der Waals surface area (Å²) >= 11 is 0. The third-order valence-corrected chi connectivity index (χ3v) is 7.22. The van der Waals surface area contributed by atoms with Crippen molar-refractivity contribution in [3.8, 4) is 11.5 Å². The zero-order chi connectivity index (χ0) is 27.9. The van der Waals surface area contributed by atoms with E-state index in [9.17, 15) is 14.4 Å². The van der Waals surface area contributed by atoms with Crippen molar-refractivity contribution < 1.29 is 38.6 Å². The standard InChI is InChI=1S/C25H28N2O4.C4H4O4/c1-16(28)17-7-10-23(24(15-17)29-2)30-12-11-27-19-8-9-20(27)14-18(13-19)25-21-5-3-4-6-22(21)31-26-25;5-3(6)1-2-4(7)8/h3-7,10,15,18-20H,8-9,11-14H2,1-2H3;1-2H,(H,5,6)(H,7,8)/b;2-1+. The minimum absolute atomic E-state index is 0.0178. The van der Waals surface area contributed by atoms with E-state index in [2.05, 4.69) is 22.2 Å². The van der Waals surface area contributed by atoms with Gasteiger partial charge in [-0.05, 0) is 62.9 Å². The predicted molar refractivity (Wildman–Crippen MR) is 142 cm³/mol.